The summed E-state index contributed by atoms with van der Waals surface area (Å²) in [5, 5.41) is 9.09. The van der Waals surface area contributed by atoms with Crippen molar-refractivity contribution < 1.29 is 19.4 Å². The van der Waals surface area contributed by atoms with Crippen molar-refractivity contribution >= 4 is 5.91 Å². The minimum atomic E-state index is -0.379. The van der Waals surface area contributed by atoms with Gasteiger partial charge in [-0.1, -0.05) is 6.07 Å². The normalized spacial score (nSPS) is 24.0. The predicted molar refractivity (Wildman–Crippen MR) is 96.1 cm³/mol. The Balaban J connectivity index is 1.28. The Kier molecular flexibility index (Phi) is 5.28. The van der Waals surface area contributed by atoms with Crippen molar-refractivity contribution in [1.82, 2.24) is 14.7 Å². The first-order valence-corrected chi connectivity index (χ1v) is 9.46. The van der Waals surface area contributed by atoms with Gasteiger partial charge in [0, 0.05) is 51.9 Å². The van der Waals surface area contributed by atoms with Gasteiger partial charge >= 0.3 is 0 Å². The Morgan fingerprint density at radius 3 is 2.73 bits per heavy atom. The summed E-state index contributed by atoms with van der Waals surface area (Å²) in [5.41, 5.74) is 1.25. The van der Waals surface area contributed by atoms with E-state index in [1.165, 1.54) is 5.56 Å². The number of aliphatic hydroxyl groups is 1. The van der Waals surface area contributed by atoms with Gasteiger partial charge in [-0.2, -0.15) is 0 Å². The highest BCUT2D eigenvalue weighted by Crippen LogP contribution is 2.33. The van der Waals surface area contributed by atoms with E-state index < -0.39 is 0 Å². The first-order chi connectivity index (χ1) is 12.7. The van der Waals surface area contributed by atoms with Crippen LogP contribution >= 0.6 is 0 Å². The molecule has 2 fully saturated rings. The number of hydrogen-bond acceptors (Lipinski definition) is 6. The molecule has 3 aliphatic rings. The van der Waals surface area contributed by atoms with Crippen LogP contribution in [0, 0.1) is 0 Å². The molecule has 1 aromatic carbocycles. The lowest BCUT2D eigenvalue weighted by molar-refractivity contribution is -0.136. The molecule has 0 saturated carbocycles. The molecule has 142 valence electrons. The van der Waals surface area contributed by atoms with Crippen LogP contribution in [0.15, 0.2) is 18.2 Å². The summed E-state index contributed by atoms with van der Waals surface area (Å²) in [6, 6.07) is 6.60. The average molecular weight is 361 g/mol. The summed E-state index contributed by atoms with van der Waals surface area (Å²) in [6.45, 7) is 6.49. The van der Waals surface area contributed by atoms with Crippen molar-refractivity contribution in [3.63, 3.8) is 0 Å². The maximum Gasteiger partial charge on any atom is 0.248 e. The van der Waals surface area contributed by atoms with Gasteiger partial charge in [-0.3, -0.25) is 14.6 Å². The Labute approximate surface area is 154 Å². The standard InChI is InChI=1S/C19H27N3O4/c23-13-19(24)22-5-1-2-16(12-22)21-8-6-20(7-9-21)11-15-3-4-17-18(10-15)26-14-25-17/h3-4,10,16,23H,1-2,5-9,11-14H2. The fraction of sp³-hybridized carbons (Fsp3) is 0.632. The van der Waals surface area contributed by atoms with Gasteiger partial charge in [0.15, 0.2) is 11.5 Å². The number of amides is 1. The largest absolute Gasteiger partial charge is 0.454 e. The van der Waals surface area contributed by atoms with Crippen molar-refractivity contribution in [1.29, 1.82) is 0 Å². The third-order valence-corrected chi connectivity index (χ3v) is 5.65. The molecule has 0 bridgehead atoms. The summed E-state index contributed by atoms with van der Waals surface area (Å²) in [4.78, 5) is 18.5. The van der Waals surface area contributed by atoms with E-state index in [1.54, 1.807) is 0 Å². The number of rotatable bonds is 4. The summed E-state index contributed by atoms with van der Waals surface area (Å²) >= 11 is 0. The molecule has 0 aromatic heterocycles. The Hall–Kier alpha value is -1.83. The van der Waals surface area contributed by atoms with Crippen LogP contribution in [0.25, 0.3) is 0 Å². The molecule has 7 nitrogen and oxygen atoms in total. The Bertz CT molecular complexity index is 646. The van der Waals surface area contributed by atoms with E-state index in [4.69, 9.17) is 14.6 Å². The zero-order valence-corrected chi connectivity index (χ0v) is 15.1. The van der Waals surface area contributed by atoms with Gasteiger partial charge in [-0.25, -0.2) is 0 Å². The van der Waals surface area contributed by atoms with Gasteiger partial charge in [-0.05, 0) is 30.5 Å². The van der Waals surface area contributed by atoms with Crippen molar-refractivity contribution in [3.8, 4) is 11.5 Å². The highest BCUT2D eigenvalue weighted by molar-refractivity contribution is 5.77. The number of carbonyl (C=O) groups excluding carboxylic acids is 1. The number of piperazine rings is 1. The Morgan fingerprint density at radius 1 is 1.12 bits per heavy atom. The lowest BCUT2D eigenvalue weighted by Crippen LogP contribution is -2.55. The Morgan fingerprint density at radius 2 is 1.92 bits per heavy atom. The lowest BCUT2D eigenvalue weighted by Gasteiger charge is -2.43. The number of carbonyl (C=O) groups is 1. The highest BCUT2D eigenvalue weighted by Gasteiger charge is 2.29. The third-order valence-electron chi connectivity index (χ3n) is 5.65. The number of aliphatic hydroxyl groups excluding tert-OH is 1. The molecule has 7 heteroatoms. The fourth-order valence-corrected chi connectivity index (χ4v) is 4.16. The molecule has 3 aliphatic heterocycles. The van der Waals surface area contributed by atoms with Crippen molar-refractivity contribution in [2.24, 2.45) is 0 Å². The summed E-state index contributed by atoms with van der Waals surface area (Å²) in [7, 11) is 0. The van der Waals surface area contributed by atoms with E-state index in [9.17, 15) is 4.79 Å². The van der Waals surface area contributed by atoms with Crippen LogP contribution in [0.3, 0.4) is 0 Å². The number of benzene rings is 1. The lowest BCUT2D eigenvalue weighted by atomic mass is 10.0. The van der Waals surface area contributed by atoms with E-state index >= 15 is 0 Å². The van der Waals surface area contributed by atoms with Gasteiger partial charge < -0.3 is 19.5 Å². The quantitative estimate of drug-likeness (QED) is 0.843. The van der Waals surface area contributed by atoms with E-state index in [0.717, 1.165) is 70.2 Å². The molecular weight excluding hydrogens is 334 g/mol. The van der Waals surface area contributed by atoms with Crippen LogP contribution in [-0.2, 0) is 11.3 Å². The second-order valence-corrected chi connectivity index (χ2v) is 7.29. The second kappa shape index (κ2) is 7.82. The van der Waals surface area contributed by atoms with Crippen LogP contribution in [0.4, 0.5) is 0 Å². The number of nitrogens with zero attached hydrogens (tertiary/aromatic N) is 3. The van der Waals surface area contributed by atoms with Crippen molar-refractivity contribution in [2.45, 2.75) is 25.4 Å². The average Bonchev–Trinajstić information content (AvgIpc) is 3.16. The maximum atomic E-state index is 11.8. The van der Waals surface area contributed by atoms with Crippen LogP contribution in [0.1, 0.15) is 18.4 Å². The smallest absolute Gasteiger partial charge is 0.248 e. The summed E-state index contributed by atoms with van der Waals surface area (Å²) in [5.74, 6) is 1.53. The van der Waals surface area contributed by atoms with Gasteiger partial charge in [0.2, 0.25) is 12.7 Å². The zero-order chi connectivity index (χ0) is 17.9. The number of fused-ring (bicyclic) bond motifs is 1. The molecule has 4 rings (SSSR count). The first-order valence-electron chi connectivity index (χ1n) is 9.46. The first kappa shape index (κ1) is 17.6. The molecule has 3 heterocycles. The molecule has 2 saturated heterocycles. The minimum absolute atomic E-state index is 0.142. The minimum Gasteiger partial charge on any atom is -0.454 e. The van der Waals surface area contributed by atoms with E-state index in [1.807, 2.05) is 11.0 Å². The third kappa shape index (κ3) is 3.79. The van der Waals surface area contributed by atoms with Gasteiger partial charge in [0.25, 0.3) is 0 Å². The van der Waals surface area contributed by atoms with Crippen molar-refractivity contribution in [2.75, 3.05) is 52.7 Å². The van der Waals surface area contributed by atoms with Crippen LogP contribution in [0.5, 0.6) is 11.5 Å². The summed E-state index contributed by atoms with van der Waals surface area (Å²) in [6.07, 6.45) is 2.16. The monoisotopic (exact) mass is 361 g/mol. The molecule has 1 atom stereocenters. The molecule has 1 aromatic rings. The van der Waals surface area contributed by atoms with Crippen LogP contribution < -0.4 is 9.47 Å². The van der Waals surface area contributed by atoms with Crippen LogP contribution in [0.2, 0.25) is 0 Å². The van der Waals surface area contributed by atoms with Gasteiger partial charge in [0.1, 0.15) is 6.61 Å². The van der Waals surface area contributed by atoms with E-state index in [-0.39, 0.29) is 12.5 Å². The molecule has 0 aliphatic carbocycles. The molecule has 1 amide bonds. The fourth-order valence-electron chi connectivity index (χ4n) is 4.16. The molecular formula is C19H27N3O4. The number of hydrogen-bond donors (Lipinski definition) is 1. The number of likely N-dealkylation sites (tertiary alicyclic amines) is 1. The predicted octanol–water partition coefficient (Wildman–Crippen LogP) is 0.516. The molecule has 26 heavy (non-hydrogen) atoms. The zero-order valence-electron chi connectivity index (χ0n) is 15.1. The SMILES string of the molecule is O=C(CO)N1CCCC(N2CCN(Cc3ccc4c(c3)OCO4)CC2)C1. The molecule has 1 unspecified atom stereocenters. The summed E-state index contributed by atoms with van der Waals surface area (Å²) < 4.78 is 10.8. The van der Waals surface area contributed by atoms with Crippen molar-refractivity contribution in [3.05, 3.63) is 23.8 Å². The maximum absolute atomic E-state index is 11.8. The number of ether oxygens (including phenoxy) is 2. The molecule has 0 spiro atoms. The topological polar surface area (TPSA) is 65.5 Å². The van der Waals surface area contributed by atoms with E-state index in [2.05, 4.69) is 21.9 Å². The molecule has 1 N–H and O–H groups in total. The highest BCUT2D eigenvalue weighted by atomic mass is 16.7. The van der Waals surface area contributed by atoms with Gasteiger partial charge in [-0.15, -0.1) is 0 Å². The van der Waals surface area contributed by atoms with Gasteiger partial charge in [0.05, 0.1) is 0 Å². The van der Waals surface area contributed by atoms with E-state index in [0.29, 0.717) is 12.8 Å². The van der Waals surface area contributed by atoms with Crippen LogP contribution in [-0.4, -0.2) is 84.4 Å². The second-order valence-electron chi connectivity index (χ2n) is 7.29. The number of piperidine rings is 1. The molecule has 0 radical (unpaired) electrons.